The first-order valence-corrected chi connectivity index (χ1v) is 10.9. The van der Waals surface area contributed by atoms with Crippen molar-refractivity contribution in [3.05, 3.63) is 75.7 Å². The van der Waals surface area contributed by atoms with Crippen LogP contribution in [0.15, 0.2) is 47.6 Å². The molecular weight excluding hydrogens is 483 g/mol. The van der Waals surface area contributed by atoms with E-state index >= 15 is 0 Å². The number of aryl methyl sites for hydroxylation is 1. The predicted molar refractivity (Wildman–Crippen MR) is 116 cm³/mol. The van der Waals surface area contributed by atoms with Crippen LogP contribution in [-0.2, 0) is 16.2 Å². The summed E-state index contributed by atoms with van der Waals surface area (Å²) in [6.07, 6.45) is -1.51. The van der Waals surface area contributed by atoms with Crippen molar-refractivity contribution >= 4 is 45.1 Å². The minimum atomic E-state index is -4.88. The molecule has 0 spiro atoms. The Morgan fingerprint density at radius 1 is 1.21 bits per heavy atom. The Morgan fingerprint density at radius 3 is 2.55 bits per heavy atom. The van der Waals surface area contributed by atoms with Crippen LogP contribution in [0.2, 0.25) is 5.02 Å². The number of nitrogens with one attached hydrogen (secondary N) is 2. The number of nitrogens with zero attached hydrogens (tertiary/aromatic N) is 2. The zero-order chi connectivity index (χ0) is 24.6. The van der Waals surface area contributed by atoms with E-state index < -0.39 is 37.5 Å². The van der Waals surface area contributed by atoms with Crippen LogP contribution in [0.25, 0.3) is 0 Å². The molecule has 3 rings (SSSR count). The minimum absolute atomic E-state index is 0.00574. The van der Waals surface area contributed by atoms with Gasteiger partial charge in [0, 0.05) is 29.7 Å². The van der Waals surface area contributed by atoms with Crippen LogP contribution in [0.4, 0.5) is 24.7 Å². The zero-order valence-corrected chi connectivity index (χ0v) is 18.3. The first-order chi connectivity index (χ1) is 15.3. The van der Waals surface area contributed by atoms with Crippen LogP contribution in [0.1, 0.15) is 32.7 Å². The largest absolute Gasteiger partial charge is 0.417 e. The number of aromatic nitrogens is 2. The van der Waals surface area contributed by atoms with Crippen molar-refractivity contribution in [2.75, 3.05) is 10.5 Å². The van der Waals surface area contributed by atoms with Gasteiger partial charge in [-0.3, -0.25) is 14.5 Å². The molecule has 0 aliphatic heterocycles. The van der Waals surface area contributed by atoms with Gasteiger partial charge in [-0.25, -0.2) is 13.4 Å². The maximum absolute atomic E-state index is 13.2. The van der Waals surface area contributed by atoms with Crippen molar-refractivity contribution in [1.29, 1.82) is 5.41 Å². The van der Waals surface area contributed by atoms with E-state index in [-0.39, 0.29) is 28.3 Å². The number of alkyl halides is 3. The number of rotatable bonds is 6. The third-order valence-corrected chi connectivity index (χ3v) is 6.14. The zero-order valence-electron chi connectivity index (χ0n) is 16.7. The molecule has 4 N–H and O–H groups in total. The van der Waals surface area contributed by atoms with E-state index in [1.54, 1.807) is 6.92 Å². The van der Waals surface area contributed by atoms with E-state index in [2.05, 4.69) is 14.7 Å². The summed E-state index contributed by atoms with van der Waals surface area (Å²) < 4.78 is 67.4. The Hall–Kier alpha value is -3.51. The van der Waals surface area contributed by atoms with Gasteiger partial charge in [-0.1, -0.05) is 11.6 Å². The van der Waals surface area contributed by atoms with E-state index in [9.17, 15) is 26.4 Å². The highest BCUT2D eigenvalue weighted by atomic mass is 35.5. The van der Waals surface area contributed by atoms with Crippen LogP contribution < -0.4 is 10.5 Å². The third kappa shape index (κ3) is 4.96. The highest BCUT2D eigenvalue weighted by Crippen LogP contribution is 2.36. The Balaban J connectivity index is 2.09. The lowest BCUT2D eigenvalue weighted by molar-refractivity contribution is -0.137. The quantitative estimate of drug-likeness (QED) is 0.346. The summed E-state index contributed by atoms with van der Waals surface area (Å²) in [7, 11) is -4.57. The molecule has 2 heterocycles. The Labute approximate surface area is 191 Å². The summed E-state index contributed by atoms with van der Waals surface area (Å²) >= 11 is 5.56. The molecule has 0 aliphatic carbocycles. The second-order valence-corrected chi connectivity index (χ2v) is 8.87. The Bertz CT molecular complexity index is 1380. The fraction of sp³-hybridized carbons (Fsp3) is 0.100. The van der Waals surface area contributed by atoms with E-state index in [0.29, 0.717) is 11.6 Å². The van der Waals surface area contributed by atoms with Crippen LogP contribution in [0.3, 0.4) is 0 Å². The number of pyridine rings is 2. The first-order valence-electron chi connectivity index (χ1n) is 9.01. The molecule has 0 unspecified atom stereocenters. The van der Waals surface area contributed by atoms with Gasteiger partial charge in [0.05, 0.1) is 21.2 Å². The monoisotopic (exact) mass is 497 g/mol. The van der Waals surface area contributed by atoms with Crippen molar-refractivity contribution in [2.24, 2.45) is 0 Å². The molecular formula is C20H15ClF3N5O3S. The summed E-state index contributed by atoms with van der Waals surface area (Å²) in [6, 6.07) is 4.70. The molecule has 33 heavy (non-hydrogen) atoms. The first kappa shape index (κ1) is 24.1. The highest BCUT2D eigenvalue weighted by Gasteiger charge is 2.35. The van der Waals surface area contributed by atoms with Gasteiger partial charge in [0.1, 0.15) is 11.5 Å². The van der Waals surface area contributed by atoms with Crippen molar-refractivity contribution in [3.63, 3.8) is 0 Å². The molecule has 0 aliphatic rings. The van der Waals surface area contributed by atoms with E-state index in [4.69, 9.17) is 22.7 Å². The molecule has 0 atom stereocenters. The summed E-state index contributed by atoms with van der Waals surface area (Å²) in [5.74, 6) is -0.863. The molecule has 0 saturated heterocycles. The number of sulfonamides is 1. The number of benzene rings is 1. The number of hydrogen-bond acceptors (Lipinski definition) is 7. The SMILES string of the molecule is Cc1cnc(C(=O)c2ccnc(N)c2C=N)c(NS(=O)(=O)c2ccc(Cl)c(C(F)(F)F)c2)c1. The van der Waals surface area contributed by atoms with Gasteiger partial charge in [-0.05, 0) is 42.8 Å². The molecule has 0 amide bonds. The smallest absolute Gasteiger partial charge is 0.383 e. The molecule has 3 aromatic rings. The molecule has 0 saturated carbocycles. The van der Waals surface area contributed by atoms with Gasteiger partial charge in [0.2, 0.25) is 5.78 Å². The number of carbonyl (C=O) groups is 1. The van der Waals surface area contributed by atoms with Crippen LogP contribution in [0, 0.1) is 12.3 Å². The summed E-state index contributed by atoms with van der Waals surface area (Å²) in [5, 5.41) is 6.82. The lowest BCUT2D eigenvalue weighted by atomic mass is 10.0. The van der Waals surface area contributed by atoms with E-state index in [1.165, 1.54) is 24.5 Å². The van der Waals surface area contributed by atoms with Gasteiger partial charge < -0.3 is 11.1 Å². The lowest BCUT2D eigenvalue weighted by Crippen LogP contribution is -2.19. The van der Waals surface area contributed by atoms with Crippen molar-refractivity contribution in [3.8, 4) is 0 Å². The van der Waals surface area contributed by atoms with Crippen LogP contribution in [-0.4, -0.2) is 30.4 Å². The molecule has 2 aromatic heterocycles. The topological polar surface area (TPSA) is 139 Å². The molecule has 1 aromatic carbocycles. The number of hydrogen-bond donors (Lipinski definition) is 3. The molecule has 0 fully saturated rings. The maximum Gasteiger partial charge on any atom is 0.417 e. The van der Waals surface area contributed by atoms with Crippen molar-refractivity contribution in [1.82, 2.24) is 9.97 Å². The maximum atomic E-state index is 13.2. The average molecular weight is 498 g/mol. The number of nitrogens with two attached hydrogens (primary N) is 1. The molecule has 172 valence electrons. The third-order valence-electron chi connectivity index (χ3n) is 4.45. The van der Waals surface area contributed by atoms with Gasteiger partial charge in [-0.15, -0.1) is 0 Å². The van der Waals surface area contributed by atoms with Crippen molar-refractivity contribution < 1.29 is 26.4 Å². The minimum Gasteiger partial charge on any atom is -0.383 e. The van der Waals surface area contributed by atoms with Crippen molar-refractivity contribution in [2.45, 2.75) is 18.0 Å². The number of anilines is 2. The van der Waals surface area contributed by atoms with Gasteiger partial charge >= 0.3 is 6.18 Å². The molecule has 0 radical (unpaired) electrons. The normalized spacial score (nSPS) is 11.8. The Kier molecular flexibility index (Phi) is 6.43. The second kappa shape index (κ2) is 8.79. The fourth-order valence-corrected chi connectivity index (χ4v) is 4.19. The van der Waals surface area contributed by atoms with E-state index in [0.717, 1.165) is 18.3 Å². The summed E-state index contributed by atoms with van der Waals surface area (Å²) in [6.45, 7) is 1.58. The van der Waals surface area contributed by atoms with Gasteiger partial charge in [0.15, 0.2) is 0 Å². The number of halogens is 4. The van der Waals surface area contributed by atoms with Gasteiger partial charge in [0.25, 0.3) is 10.0 Å². The lowest BCUT2D eigenvalue weighted by Gasteiger charge is -2.15. The fourth-order valence-electron chi connectivity index (χ4n) is 2.89. The van der Waals surface area contributed by atoms with Crippen LogP contribution >= 0.6 is 11.6 Å². The number of nitrogen functional groups attached to an aromatic ring is 1. The standard InChI is InChI=1S/C20H15ClF3N5O3S/c1-10-6-16(17(28-9-10)18(30)12-4-5-27-19(26)13(12)8-25)29-33(31,32)11-2-3-15(21)14(7-11)20(22,23)24/h2-9,25,29H,1H3,(H2,26,27). The average Bonchev–Trinajstić information content (AvgIpc) is 2.72. The van der Waals surface area contributed by atoms with E-state index in [1.807, 2.05) is 0 Å². The molecule has 8 nitrogen and oxygen atoms in total. The molecule has 13 heteroatoms. The van der Waals surface area contributed by atoms with Crippen LogP contribution in [0.5, 0.6) is 0 Å². The summed E-state index contributed by atoms with van der Waals surface area (Å²) in [4.78, 5) is 20.2. The second-order valence-electron chi connectivity index (χ2n) is 6.78. The predicted octanol–water partition coefficient (Wildman–Crippen LogP) is 4.07. The summed E-state index contributed by atoms with van der Waals surface area (Å²) in [5.41, 5.74) is 4.18. The highest BCUT2D eigenvalue weighted by molar-refractivity contribution is 7.92. The molecule has 0 bridgehead atoms. The number of ketones is 1. The van der Waals surface area contributed by atoms with Gasteiger partial charge in [-0.2, -0.15) is 13.2 Å². The number of carbonyl (C=O) groups excluding carboxylic acids is 1. The Morgan fingerprint density at radius 2 is 1.91 bits per heavy atom.